The average Bonchev–Trinajstić information content (AvgIpc) is 3.17. The van der Waals surface area contributed by atoms with Gasteiger partial charge >= 0.3 is 0 Å². The average molecular weight is 474 g/mol. The summed E-state index contributed by atoms with van der Waals surface area (Å²) in [6.45, 7) is 7.06. The number of hydrogen-bond donors (Lipinski definition) is 0. The molecule has 32 heavy (non-hydrogen) atoms. The molecule has 2 aliphatic rings. The molecular formula is C23H28ClN5O2S. The number of benzene rings is 1. The molecule has 0 bridgehead atoms. The molecule has 1 saturated heterocycles. The maximum absolute atomic E-state index is 13.2. The van der Waals surface area contributed by atoms with Crippen LogP contribution in [-0.4, -0.2) is 72.8 Å². The van der Waals surface area contributed by atoms with E-state index in [4.69, 9.17) is 16.3 Å². The summed E-state index contributed by atoms with van der Waals surface area (Å²) in [4.78, 5) is 27.0. The predicted molar refractivity (Wildman–Crippen MR) is 131 cm³/mol. The minimum atomic E-state index is 0.111. The van der Waals surface area contributed by atoms with Crippen LogP contribution in [0.25, 0.3) is 10.2 Å². The first-order chi connectivity index (χ1) is 15.5. The highest BCUT2D eigenvalue weighted by Gasteiger charge is 2.23. The molecule has 4 heterocycles. The van der Waals surface area contributed by atoms with Gasteiger partial charge in [0.15, 0.2) is 5.75 Å². The number of piperazine rings is 1. The van der Waals surface area contributed by atoms with Crippen molar-refractivity contribution in [2.24, 2.45) is 0 Å². The van der Waals surface area contributed by atoms with Crippen molar-refractivity contribution in [3.8, 4) is 5.75 Å². The molecule has 2 aliphatic heterocycles. The number of methoxy groups -OCH3 is 1. The number of para-hydroxylation sites is 1. The van der Waals surface area contributed by atoms with Gasteiger partial charge in [-0.2, -0.15) is 0 Å². The second kappa shape index (κ2) is 9.02. The first kappa shape index (κ1) is 21.7. The first-order valence-electron chi connectivity index (χ1n) is 11.0. The van der Waals surface area contributed by atoms with Crippen LogP contribution < -0.4 is 15.2 Å². The molecule has 1 aromatic carbocycles. The summed E-state index contributed by atoms with van der Waals surface area (Å²) in [5, 5.41) is 1.48. The van der Waals surface area contributed by atoms with Crippen LogP contribution in [0.15, 0.2) is 29.3 Å². The smallest absolute Gasteiger partial charge is 0.262 e. The Balaban J connectivity index is 1.25. The van der Waals surface area contributed by atoms with Gasteiger partial charge in [0.1, 0.15) is 4.83 Å². The van der Waals surface area contributed by atoms with E-state index in [9.17, 15) is 4.79 Å². The fourth-order valence-electron chi connectivity index (χ4n) is 4.72. The molecule has 5 rings (SSSR count). The third-order valence-corrected chi connectivity index (χ3v) is 7.96. The second-order valence-corrected chi connectivity index (χ2v) is 10.0. The Bertz CT molecular complexity index is 1190. The zero-order chi connectivity index (χ0) is 22.2. The third kappa shape index (κ3) is 4.01. The van der Waals surface area contributed by atoms with Crippen molar-refractivity contribution < 1.29 is 4.74 Å². The van der Waals surface area contributed by atoms with Gasteiger partial charge in [0, 0.05) is 57.2 Å². The van der Waals surface area contributed by atoms with Gasteiger partial charge < -0.3 is 14.5 Å². The molecule has 0 N–H and O–H groups in total. The van der Waals surface area contributed by atoms with Crippen LogP contribution >= 0.6 is 22.9 Å². The molecule has 0 saturated carbocycles. The van der Waals surface area contributed by atoms with Crippen molar-refractivity contribution in [3.63, 3.8) is 0 Å². The van der Waals surface area contributed by atoms with Crippen molar-refractivity contribution in [2.75, 3.05) is 58.3 Å². The molecular weight excluding hydrogens is 446 g/mol. The lowest BCUT2D eigenvalue weighted by Gasteiger charge is -2.36. The highest BCUT2D eigenvalue weighted by Crippen LogP contribution is 2.35. The van der Waals surface area contributed by atoms with Gasteiger partial charge in [-0.25, -0.2) is 4.98 Å². The van der Waals surface area contributed by atoms with Crippen LogP contribution in [0, 0.1) is 0 Å². The number of fused-ring (bicyclic) bond motifs is 3. The molecule has 2 aromatic heterocycles. The molecule has 9 heteroatoms. The lowest BCUT2D eigenvalue weighted by molar-refractivity contribution is 0.246. The van der Waals surface area contributed by atoms with Gasteiger partial charge in [0.05, 0.1) is 29.5 Å². The second-order valence-electron chi connectivity index (χ2n) is 8.54. The zero-order valence-electron chi connectivity index (χ0n) is 18.5. The molecule has 7 nitrogen and oxygen atoms in total. The van der Waals surface area contributed by atoms with Gasteiger partial charge in [-0.3, -0.25) is 14.3 Å². The number of aromatic nitrogens is 2. The zero-order valence-corrected chi connectivity index (χ0v) is 20.1. The largest absolute Gasteiger partial charge is 0.493 e. The molecule has 1 fully saturated rings. The Kier molecular flexibility index (Phi) is 6.11. The monoisotopic (exact) mass is 473 g/mol. The van der Waals surface area contributed by atoms with Gasteiger partial charge in [0.2, 0.25) is 0 Å². The Labute approximate surface area is 196 Å². The van der Waals surface area contributed by atoms with Crippen LogP contribution in [0.3, 0.4) is 0 Å². The van der Waals surface area contributed by atoms with Crippen LogP contribution in [0.4, 0.5) is 5.69 Å². The van der Waals surface area contributed by atoms with E-state index >= 15 is 0 Å². The summed E-state index contributed by atoms with van der Waals surface area (Å²) < 4.78 is 7.31. The van der Waals surface area contributed by atoms with Gasteiger partial charge in [0.25, 0.3) is 5.56 Å². The number of likely N-dealkylation sites (N-methyl/N-ethyl adjacent to an activating group) is 1. The van der Waals surface area contributed by atoms with E-state index in [1.807, 2.05) is 12.1 Å². The fourth-order valence-corrected chi connectivity index (χ4v) is 6.22. The molecule has 0 spiro atoms. The lowest BCUT2D eigenvalue weighted by atomic mass is 10.1. The van der Waals surface area contributed by atoms with Gasteiger partial charge in [-0.15, -0.1) is 11.3 Å². The number of ether oxygens (including phenoxy) is 1. The summed E-state index contributed by atoms with van der Waals surface area (Å²) in [5.74, 6) is 0.735. The molecule has 170 valence electrons. The van der Waals surface area contributed by atoms with Crippen LogP contribution in [0.2, 0.25) is 5.02 Å². The van der Waals surface area contributed by atoms with Crippen molar-refractivity contribution >= 4 is 38.8 Å². The highest BCUT2D eigenvalue weighted by atomic mass is 35.5. The van der Waals surface area contributed by atoms with Crippen molar-refractivity contribution in [2.45, 2.75) is 19.5 Å². The normalized spacial score (nSPS) is 17.7. The van der Waals surface area contributed by atoms with Crippen LogP contribution in [0.5, 0.6) is 5.75 Å². The molecule has 0 unspecified atom stereocenters. The van der Waals surface area contributed by atoms with Gasteiger partial charge in [-0.1, -0.05) is 17.7 Å². The van der Waals surface area contributed by atoms with Crippen molar-refractivity contribution in [1.82, 2.24) is 19.4 Å². The van der Waals surface area contributed by atoms with Crippen molar-refractivity contribution in [1.29, 1.82) is 0 Å². The molecule has 0 radical (unpaired) electrons. The third-order valence-electron chi connectivity index (χ3n) is 6.54. The number of rotatable bonds is 5. The number of halogens is 1. The standard InChI is InChI=1S/C23H28ClN5O2S/c1-26-7-6-16-19(14-26)32-22-20(16)23(30)29(15-25-22)13-10-27-8-11-28(12-9-27)18-5-3-4-17(24)21(18)31-2/h3-5,15H,6-14H2,1-2H3. The predicted octanol–water partition coefficient (Wildman–Crippen LogP) is 2.93. The summed E-state index contributed by atoms with van der Waals surface area (Å²) in [6.07, 6.45) is 2.66. The minimum absolute atomic E-state index is 0.111. The summed E-state index contributed by atoms with van der Waals surface area (Å²) >= 11 is 7.97. The van der Waals surface area contributed by atoms with E-state index in [-0.39, 0.29) is 5.56 Å². The molecule has 0 aliphatic carbocycles. The van der Waals surface area contributed by atoms with Crippen LogP contribution in [-0.2, 0) is 19.5 Å². The Morgan fingerprint density at radius 1 is 1.16 bits per heavy atom. The van der Waals surface area contributed by atoms with Crippen molar-refractivity contribution in [3.05, 3.63) is 50.3 Å². The Morgan fingerprint density at radius 3 is 2.75 bits per heavy atom. The van der Waals surface area contributed by atoms with E-state index in [0.29, 0.717) is 11.6 Å². The lowest BCUT2D eigenvalue weighted by Crippen LogP contribution is -2.47. The number of nitrogens with zero attached hydrogens (tertiary/aromatic N) is 5. The maximum Gasteiger partial charge on any atom is 0.262 e. The Hall–Kier alpha value is -2.13. The Morgan fingerprint density at radius 2 is 1.97 bits per heavy atom. The molecule has 0 amide bonds. The highest BCUT2D eigenvalue weighted by molar-refractivity contribution is 7.18. The summed E-state index contributed by atoms with van der Waals surface area (Å²) in [7, 11) is 3.79. The fraction of sp³-hybridized carbons (Fsp3) is 0.478. The number of anilines is 1. The number of hydrogen-bond acceptors (Lipinski definition) is 7. The van der Waals surface area contributed by atoms with E-state index in [2.05, 4.69) is 32.8 Å². The first-order valence-corrected chi connectivity index (χ1v) is 12.2. The quantitative estimate of drug-likeness (QED) is 0.568. The van der Waals surface area contributed by atoms with E-state index < -0.39 is 0 Å². The summed E-state index contributed by atoms with van der Waals surface area (Å²) in [6, 6.07) is 5.87. The molecule has 3 aromatic rings. The van der Waals surface area contributed by atoms with E-state index in [0.717, 1.165) is 73.9 Å². The van der Waals surface area contributed by atoms with E-state index in [1.165, 1.54) is 10.4 Å². The topological polar surface area (TPSA) is 53.8 Å². The minimum Gasteiger partial charge on any atom is -0.493 e. The maximum atomic E-state index is 13.2. The van der Waals surface area contributed by atoms with Gasteiger partial charge in [-0.05, 0) is 31.2 Å². The van der Waals surface area contributed by atoms with E-state index in [1.54, 1.807) is 29.3 Å². The number of thiophene rings is 1. The molecule has 0 atom stereocenters. The SMILES string of the molecule is COc1c(Cl)cccc1N1CCN(CCn2cnc3sc4c(c3c2=O)CCN(C)C4)CC1. The summed E-state index contributed by atoms with van der Waals surface area (Å²) in [5.41, 5.74) is 2.37. The van der Waals surface area contributed by atoms with Crippen LogP contribution in [0.1, 0.15) is 10.4 Å².